The fourth-order valence-corrected chi connectivity index (χ4v) is 2.41. The van der Waals surface area contributed by atoms with Crippen molar-refractivity contribution < 1.29 is 4.42 Å². The van der Waals surface area contributed by atoms with Crippen LogP contribution in [-0.2, 0) is 13.0 Å². The Labute approximate surface area is 147 Å². The molecule has 0 bridgehead atoms. The van der Waals surface area contributed by atoms with E-state index in [0.717, 1.165) is 24.2 Å². The number of benzene rings is 2. The minimum absolute atomic E-state index is 0.388. The van der Waals surface area contributed by atoms with Crippen LogP contribution in [0.25, 0.3) is 11.5 Å². The van der Waals surface area contributed by atoms with Gasteiger partial charge in [0.15, 0.2) is 5.96 Å². The van der Waals surface area contributed by atoms with Crippen molar-refractivity contribution in [3.8, 4) is 11.5 Å². The van der Waals surface area contributed by atoms with Crippen LogP contribution >= 0.6 is 0 Å². The van der Waals surface area contributed by atoms with E-state index in [1.807, 2.05) is 49.4 Å². The van der Waals surface area contributed by atoms with E-state index in [4.69, 9.17) is 10.2 Å². The van der Waals surface area contributed by atoms with Gasteiger partial charge in [-0.15, -0.1) is 0 Å². The van der Waals surface area contributed by atoms with Gasteiger partial charge < -0.3 is 15.5 Å². The number of guanidine groups is 1. The molecule has 2 aromatic carbocycles. The van der Waals surface area contributed by atoms with E-state index in [2.05, 4.69) is 27.4 Å². The topological polar surface area (TPSA) is 76.4 Å². The highest BCUT2D eigenvalue weighted by molar-refractivity contribution is 5.77. The normalized spacial score (nSPS) is 11.5. The smallest absolute Gasteiger partial charge is 0.226 e. The Kier molecular flexibility index (Phi) is 5.46. The molecule has 3 N–H and O–H groups in total. The molecule has 1 aromatic heterocycles. The predicted molar refractivity (Wildman–Crippen MR) is 100 cm³/mol. The fourth-order valence-electron chi connectivity index (χ4n) is 2.41. The molecule has 3 aromatic rings. The molecule has 1 heterocycles. The summed E-state index contributed by atoms with van der Waals surface area (Å²) in [5.74, 6) is 1.01. The second kappa shape index (κ2) is 8.15. The predicted octanol–water partition coefficient (Wildman–Crippen LogP) is 3.30. The maximum Gasteiger partial charge on any atom is 0.226 e. The third-order valence-electron chi connectivity index (χ3n) is 3.82. The second-order valence-corrected chi connectivity index (χ2v) is 5.87. The molecule has 0 saturated carbocycles. The average Bonchev–Trinajstić information content (AvgIpc) is 3.10. The van der Waals surface area contributed by atoms with Gasteiger partial charge in [-0.3, -0.25) is 0 Å². The lowest BCUT2D eigenvalue weighted by Gasteiger charge is -2.05. The maximum absolute atomic E-state index is 5.90. The molecule has 0 unspecified atom stereocenters. The largest absolute Gasteiger partial charge is 0.444 e. The highest BCUT2D eigenvalue weighted by Gasteiger charge is 2.06. The van der Waals surface area contributed by atoms with Crippen LogP contribution in [0.4, 0.5) is 0 Å². The van der Waals surface area contributed by atoms with Gasteiger partial charge in [0.05, 0.1) is 6.54 Å². The van der Waals surface area contributed by atoms with E-state index in [1.54, 1.807) is 6.26 Å². The van der Waals surface area contributed by atoms with Crippen molar-refractivity contribution in [2.24, 2.45) is 10.7 Å². The summed E-state index contributed by atoms with van der Waals surface area (Å²) >= 11 is 0. The Hall–Kier alpha value is -3.08. The van der Waals surface area contributed by atoms with Gasteiger partial charge in [-0.2, -0.15) is 0 Å². The van der Waals surface area contributed by atoms with E-state index in [9.17, 15) is 0 Å². The molecule has 128 valence electrons. The highest BCUT2D eigenvalue weighted by atomic mass is 16.3. The van der Waals surface area contributed by atoms with E-state index < -0.39 is 0 Å². The molecule has 0 radical (unpaired) electrons. The number of hydrogen-bond acceptors (Lipinski definition) is 3. The van der Waals surface area contributed by atoms with Gasteiger partial charge >= 0.3 is 0 Å². The number of rotatable bonds is 6. The van der Waals surface area contributed by atoms with Gasteiger partial charge in [-0.05, 0) is 31.0 Å². The number of aryl methyl sites for hydroxylation is 1. The lowest BCUT2D eigenvalue weighted by Crippen LogP contribution is -2.33. The van der Waals surface area contributed by atoms with E-state index >= 15 is 0 Å². The van der Waals surface area contributed by atoms with Gasteiger partial charge in [-0.25, -0.2) is 9.98 Å². The SMILES string of the molecule is Cc1ccc(-c2nc(CN=C(N)NCCc3ccccc3)co2)cc1. The first-order valence-electron chi connectivity index (χ1n) is 8.30. The summed E-state index contributed by atoms with van der Waals surface area (Å²) in [5, 5.41) is 3.12. The first-order valence-corrected chi connectivity index (χ1v) is 8.30. The van der Waals surface area contributed by atoms with E-state index in [-0.39, 0.29) is 0 Å². The molecule has 3 rings (SSSR count). The zero-order valence-corrected chi connectivity index (χ0v) is 14.3. The van der Waals surface area contributed by atoms with Crippen LogP contribution in [0.3, 0.4) is 0 Å². The van der Waals surface area contributed by atoms with Gasteiger partial charge in [0.25, 0.3) is 0 Å². The Morgan fingerprint density at radius 1 is 1.12 bits per heavy atom. The molecule has 5 nitrogen and oxygen atoms in total. The third kappa shape index (κ3) is 4.94. The average molecular weight is 334 g/mol. The summed E-state index contributed by atoms with van der Waals surface area (Å²) in [7, 11) is 0. The summed E-state index contributed by atoms with van der Waals surface area (Å²) in [4.78, 5) is 8.76. The molecule has 25 heavy (non-hydrogen) atoms. The van der Waals surface area contributed by atoms with Crippen LogP contribution in [0.5, 0.6) is 0 Å². The van der Waals surface area contributed by atoms with Crippen molar-refractivity contribution in [3.63, 3.8) is 0 Å². The summed E-state index contributed by atoms with van der Waals surface area (Å²) < 4.78 is 5.52. The molecule has 0 aliphatic carbocycles. The number of nitrogens with one attached hydrogen (secondary N) is 1. The number of oxazole rings is 1. The maximum atomic E-state index is 5.90. The number of aliphatic imine (C=N–C) groups is 1. The number of nitrogens with two attached hydrogens (primary N) is 1. The fraction of sp³-hybridized carbons (Fsp3) is 0.200. The third-order valence-corrected chi connectivity index (χ3v) is 3.82. The van der Waals surface area contributed by atoms with Gasteiger partial charge in [0, 0.05) is 12.1 Å². The molecule has 0 atom stereocenters. The van der Waals surface area contributed by atoms with Crippen molar-refractivity contribution in [3.05, 3.63) is 77.7 Å². The molecule has 5 heteroatoms. The first-order chi connectivity index (χ1) is 12.2. The Morgan fingerprint density at radius 2 is 1.88 bits per heavy atom. The number of hydrogen-bond donors (Lipinski definition) is 2. The van der Waals surface area contributed by atoms with Gasteiger partial charge in [-0.1, -0.05) is 48.0 Å². The summed E-state index contributed by atoms with van der Waals surface area (Å²) in [5.41, 5.74) is 10.1. The van der Waals surface area contributed by atoms with Crippen LogP contribution in [0.15, 0.2) is 70.3 Å². The lowest BCUT2D eigenvalue weighted by molar-refractivity contribution is 0.572. The quantitative estimate of drug-likeness (QED) is 0.536. The van der Waals surface area contributed by atoms with Crippen LogP contribution in [0.1, 0.15) is 16.8 Å². The van der Waals surface area contributed by atoms with Crippen molar-refractivity contribution in [2.45, 2.75) is 19.9 Å². The van der Waals surface area contributed by atoms with Crippen LogP contribution in [0.2, 0.25) is 0 Å². The minimum atomic E-state index is 0.388. The van der Waals surface area contributed by atoms with Crippen molar-refractivity contribution in [2.75, 3.05) is 6.54 Å². The first kappa shape index (κ1) is 16.8. The summed E-state index contributed by atoms with van der Waals surface area (Å²) in [6.07, 6.45) is 2.52. The Bertz CT molecular complexity index is 822. The van der Waals surface area contributed by atoms with Crippen molar-refractivity contribution >= 4 is 5.96 Å². The van der Waals surface area contributed by atoms with E-state index in [0.29, 0.717) is 18.4 Å². The standard InChI is InChI=1S/C20H22N4O/c1-15-7-9-17(10-8-15)19-24-18(14-25-19)13-23-20(21)22-12-11-16-5-3-2-4-6-16/h2-10,14H,11-13H2,1H3,(H3,21,22,23). The van der Waals surface area contributed by atoms with Gasteiger partial charge in [0.1, 0.15) is 12.0 Å². The van der Waals surface area contributed by atoms with Crippen LogP contribution in [-0.4, -0.2) is 17.5 Å². The lowest BCUT2D eigenvalue weighted by atomic mass is 10.1. The number of aromatic nitrogens is 1. The van der Waals surface area contributed by atoms with Crippen LogP contribution < -0.4 is 11.1 Å². The minimum Gasteiger partial charge on any atom is -0.444 e. The van der Waals surface area contributed by atoms with Crippen molar-refractivity contribution in [1.82, 2.24) is 10.3 Å². The number of nitrogens with zero attached hydrogens (tertiary/aromatic N) is 2. The molecule has 0 fully saturated rings. The molecular weight excluding hydrogens is 312 g/mol. The summed E-state index contributed by atoms with van der Waals surface area (Å²) in [6, 6.07) is 18.3. The molecule has 0 saturated heterocycles. The molecule has 0 amide bonds. The zero-order chi connectivity index (χ0) is 17.5. The molecule has 0 aliphatic heterocycles. The Morgan fingerprint density at radius 3 is 2.64 bits per heavy atom. The monoisotopic (exact) mass is 334 g/mol. The second-order valence-electron chi connectivity index (χ2n) is 5.87. The van der Waals surface area contributed by atoms with Crippen molar-refractivity contribution in [1.29, 1.82) is 0 Å². The molecule has 0 spiro atoms. The Balaban J connectivity index is 1.50. The van der Waals surface area contributed by atoms with Gasteiger partial charge in [0.2, 0.25) is 5.89 Å². The highest BCUT2D eigenvalue weighted by Crippen LogP contribution is 2.19. The summed E-state index contributed by atoms with van der Waals surface area (Å²) in [6.45, 7) is 3.18. The van der Waals surface area contributed by atoms with Crippen LogP contribution in [0, 0.1) is 6.92 Å². The van der Waals surface area contributed by atoms with E-state index in [1.165, 1.54) is 11.1 Å². The zero-order valence-electron chi connectivity index (χ0n) is 14.3. The molecule has 0 aliphatic rings. The molecular formula is C20H22N4O.